The Morgan fingerprint density at radius 1 is 1.21 bits per heavy atom. The quantitative estimate of drug-likeness (QED) is 0.328. The van der Waals surface area contributed by atoms with Crippen molar-refractivity contribution in [3.63, 3.8) is 0 Å². The van der Waals surface area contributed by atoms with Crippen molar-refractivity contribution >= 4 is 30.8 Å². The number of nitrogen functional groups attached to an aromatic ring is 1. The van der Waals surface area contributed by atoms with Crippen molar-refractivity contribution in [2.24, 2.45) is 0 Å². The molecule has 0 fully saturated rings. The summed E-state index contributed by atoms with van der Waals surface area (Å²) >= 11 is 0. The number of halogens is 3. The zero-order valence-corrected chi connectivity index (χ0v) is 23.4. The van der Waals surface area contributed by atoms with E-state index in [1.807, 2.05) is 0 Å². The topological polar surface area (TPSA) is 105 Å². The predicted octanol–water partition coefficient (Wildman–Crippen LogP) is 4.72. The van der Waals surface area contributed by atoms with Crippen molar-refractivity contribution in [2.45, 2.75) is 64.5 Å². The molecule has 3 aromatic rings. The van der Waals surface area contributed by atoms with E-state index in [1.165, 1.54) is 4.90 Å². The smallest absolute Gasteiger partial charge is 0.383 e. The van der Waals surface area contributed by atoms with Gasteiger partial charge in [0.1, 0.15) is 18.2 Å². The van der Waals surface area contributed by atoms with E-state index in [0.29, 0.717) is 48.1 Å². The van der Waals surface area contributed by atoms with Crippen molar-refractivity contribution in [1.29, 1.82) is 0 Å². The fraction of sp³-hybridized carbons (Fsp3) is 0.500. The molecular formula is C26H32F3N5O4Si. The van der Waals surface area contributed by atoms with Gasteiger partial charge in [-0.25, -0.2) is 4.98 Å². The van der Waals surface area contributed by atoms with Crippen molar-refractivity contribution in [3.8, 4) is 0 Å². The van der Waals surface area contributed by atoms with Crippen LogP contribution < -0.4 is 5.73 Å². The number of nitrogens with two attached hydrogens (primary N) is 1. The molecule has 1 unspecified atom stereocenters. The number of amides is 1. The summed E-state index contributed by atoms with van der Waals surface area (Å²) in [4.78, 5) is 24.0. The maximum absolute atomic E-state index is 14.0. The lowest BCUT2D eigenvalue weighted by atomic mass is 10.0. The molecule has 0 bridgehead atoms. The molecule has 0 aromatic carbocycles. The highest BCUT2D eigenvalue weighted by molar-refractivity contribution is 6.76. The first-order chi connectivity index (χ1) is 18.3. The Balaban J connectivity index is 1.50. The highest BCUT2D eigenvalue weighted by Gasteiger charge is 2.36. The molecule has 210 valence electrons. The Bertz CT molecular complexity index is 1420. The summed E-state index contributed by atoms with van der Waals surface area (Å²) in [5.41, 5.74) is 9.31. The fourth-order valence-corrected chi connectivity index (χ4v) is 5.67. The summed E-state index contributed by atoms with van der Waals surface area (Å²) in [6.45, 7) is 8.25. The highest BCUT2D eigenvalue weighted by Crippen LogP contribution is 2.36. The number of carbonyl (C=O) groups excluding carboxylic acids is 1. The van der Waals surface area contributed by atoms with Crippen molar-refractivity contribution in [1.82, 2.24) is 19.4 Å². The molecule has 0 aliphatic carbocycles. The minimum atomic E-state index is -4.52. The van der Waals surface area contributed by atoms with E-state index in [-0.39, 0.29) is 25.9 Å². The summed E-state index contributed by atoms with van der Waals surface area (Å²) < 4.78 is 58.8. The highest BCUT2D eigenvalue weighted by atomic mass is 28.3. The monoisotopic (exact) mass is 563 g/mol. The molecule has 2 aliphatic rings. The summed E-state index contributed by atoms with van der Waals surface area (Å²) in [6.07, 6.45) is -3.72. The number of alkyl halides is 3. The lowest BCUT2D eigenvalue weighted by Crippen LogP contribution is -2.38. The van der Waals surface area contributed by atoms with Gasteiger partial charge >= 0.3 is 6.18 Å². The van der Waals surface area contributed by atoms with Crippen LogP contribution in [0.2, 0.25) is 25.7 Å². The van der Waals surface area contributed by atoms with E-state index in [4.69, 9.17) is 19.9 Å². The number of ether oxygens (including phenoxy) is 3. The van der Waals surface area contributed by atoms with Gasteiger partial charge in [-0.1, -0.05) is 19.6 Å². The SMILES string of the molecule is CN(C(=O)c1cc2nc(N)c3c(c2n1COCC[Si](C)(C)C)COC3)C1COCc2cc(C(F)(F)F)cnc21. The molecule has 0 saturated carbocycles. The fourth-order valence-electron chi connectivity index (χ4n) is 4.92. The number of aromatic nitrogens is 3. The number of anilines is 1. The molecule has 9 nitrogen and oxygen atoms in total. The number of likely N-dealkylation sites (N-methyl/N-ethyl adjacent to an activating group) is 1. The van der Waals surface area contributed by atoms with Crippen molar-refractivity contribution < 1.29 is 32.2 Å². The van der Waals surface area contributed by atoms with E-state index < -0.39 is 25.9 Å². The third kappa shape index (κ3) is 5.40. The molecule has 0 saturated heterocycles. The Kier molecular flexibility index (Phi) is 7.20. The van der Waals surface area contributed by atoms with Crippen LogP contribution in [0, 0.1) is 0 Å². The van der Waals surface area contributed by atoms with Gasteiger partial charge in [0, 0.05) is 44.6 Å². The first-order valence-electron chi connectivity index (χ1n) is 12.7. The molecule has 0 spiro atoms. The van der Waals surface area contributed by atoms with Gasteiger partial charge in [-0.3, -0.25) is 9.78 Å². The normalized spacial score (nSPS) is 17.4. The molecule has 39 heavy (non-hydrogen) atoms. The Hall–Kier alpha value is -3.00. The summed E-state index contributed by atoms with van der Waals surface area (Å²) in [5.74, 6) is -0.00499. The van der Waals surface area contributed by atoms with Crippen LogP contribution in [-0.4, -0.2) is 53.7 Å². The van der Waals surface area contributed by atoms with Gasteiger partial charge in [-0.2, -0.15) is 13.2 Å². The number of rotatable bonds is 7. The molecular weight excluding hydrogens is 531 g/mol. The van der Waals surface area contributed by atoms with Gasteiger partial charge < -0.3 is 29.4 Å². The van der Waals surface area contributed by atoms with Crippen LogP contribution in [0.4, 0.5) is 19.0 Å². The van der Waals surface area contributed by atoms with Crippen LogP contribution in [-0.2, 0) is 46.9 Å². The molecule has 3 aromatic heterocycles. The van der Waals surface area contributed by atoms with E-state index in [9.17, 15) is 18.0 Å². The van der Waals surface area contributed by atoms with Crippen LogP contribution in [0.1, 0.15) is 44.5 Å². The Morgan fingerprint density at radius 3 is 2.67 bits per heavy atom. The zero-order valence-electron chi connectivity index (χ0n) is 22.4. The summed E-state index contributed by atoms with van der Waals surface area (Å²) in [7, 11) is 0.259. The first kappa shape index (κ1) is 27.6. The molecule has 5 rings (SSSR count). The maximum Gasteiger partial charge on any atom is 0.417 e. The first-order valence-corrected chi connectivity index (χ1v) is 16.4. The summed E-state index contributed by atoms with van der Waals surface area (Å²) in [5, 5.41) is 0. The lowest BCUT2D eigenvalue weighted by Gasteiger charge is -2.32. The Labute approximate surface area is 225 Å². The number of hydrogen-bond acceptors (Lipinski definition) is 7. The maximum atomic E-state index is 14.0. The van der Waals surface area contributed by atoms with Gasteiger partial charge in [0.2, 0.25) is 0 Å². The molecule has 2 N–H and O–H groups in total. The van der Waals surface area contributed by atoms with Crippen LogP contribution in [0.15, 0.2) is 18.3 Å². The molecule has 1 amide bonds. The average Bonchev–Trinajstić information content (AvgIpc) is 3.49. The lowest BCUT2D eigenvalue weighted by molar-refractivity contribution is -0.138. The van der Waals surface area contributed by atoms with Crippen LogP contribution >= 0.6 is 0 Å². The summed E-state index contributed by atoms with van der Waals surface area (Å²) in [6, 6.07) is 3.00. The minimum Gasteiger partial charge on any atom is -0.383 e. The Morgan fingerprint density at radius 2 is 1.95 bits per heavy atom. The van der Waals surface area contributed by atoms with Crippen LogP contribution in [0.5, 0.6) is 0 Å². The average molecular weight is 564 g/mol. The number of nitrogens with zero attached hydrogens (tertiary/aromatic N) is 4. The third-order valence-corrected chi connectivity index (χ3v) is 8.88. The third-order valence-electron chi connectivity index (χ3n) is 7.17. The second-order valence-corrected chi connectivity index (χ2v) is 16.8. The van der Waals surface area contributed by atoms with Crippen LogP contribution in [0.3, 0.4) is 0 Å². The van der Waals surface area contributed by atoms with E-state index in [2.05, 4.69) is 29.6 Å². The number of pyridine rings is 2. The standard InChI is InChI=1S/C26H32F3N5O4Si/c1-33(21-13-37-10-15-7-16(26(27,28)29)9-31-22(15)21)25(35)20-8-19-23(17-11-38-12-18(17)24(30)32-19)34(20)14-36-5-6-39(2,3)4/h7-9,21H,5-6,10-14H2,1-4H3,(H2,30,32). The largest absolute Gasteiger partial charge is 0.417 e. The van der Waals surface area contributed by atoms with Gasteiger partial charge in [0.05, 0.1) is 54.8 Å². The van der Waals surface area contributed by atoms with Gasteiger partial charge in [-0.05, 0) is 18.2 Å². The van der Waals surface area contributed by atoms with Gasteiger partial charge in [0.15, 0.2) is 0 Å². The van der Waals surface area contributed by atoms with E-state index in [0.717, 1.165) is 35.0 Å². The minimum absolute atomic E-state index is 0.00862. The van der Waals surface area contributed by atoms with Gasteiger partial charge in [-0.15, -0.1) is 0 Å². The zero-order chi connectivity index (χ0) is 28.1. The molecule has 2 aliphatic heterocycles. The number of fused-ring (bicyclic) bond motifs is 4. The molecule has 13 heteroatoms. The molecule has 0 radical (unpaired) electrons. The van der Waals surface area contributed by atoms with E-state index in [1.54, 1.807) is 17.7 Å². The second-order valence-electron chi connectivity index (χ2n) is 11.2. The van der Waals surface area contributed by atoms with Crippen molar-refractivity contribution in [2.75, 3.05) is 26.0 Å². The van der Waals surface area contributed by atoms with Crippen LogP contribution in [0.25, 0.3) is 11.0 Å². The predicted molar refractivity (Wildman–Crippen MR) is 140 cm³/mol. The molecule has 5 heterocycles. The molecule has 1 atom stereocenters. The number of hydrogen-bond donors (Lipinski definition) is 1. The van der Waals surface area contributed by atoms with E-state index >= 15 is 0 Å². The van der Waals surface area contributed by atoms with Gasteiger partial charge in [0.25, 0.3) is 5.91 Å². The van der Waals surface area contributed by atoms with Crippen molar-refractivity contribution in [3.05, 3.63) is 52.0 Å². The number of carbonyl (C=O) groups is 1. The second kappa shape index (κ2) is 10.2.